The van der Waals surface area contributed by atoms with E-state index in [4.69, 9.17) is 9.84 Å². The van der Waals surface area contributed by atoms with Crippen LogP contribution >= 0.6 is 0 Å². The minimum atomic E-state index is 0.228. The molecule has 0 aliphatic heterocycles. The molecule has 3 nitrogen and oxygen atoms in total. The summed E-state index contributed by atoms with van der Waals surface area (Å²) in [5, 5.41) is 5.05. The highest BCUT2D eigenvalue weighted by Crippen LogP contribution is 2.25. The molecule has 112 valence electrons. The van der Waals surface area contributed by atoms with Gasteiger partial charge in [0.2, 0.25) is 0 Å². The lowest BCUT2D eigenvalue weighted by atomic mass is 9.73. The molecule has 0 saturated heterocycles. The summed E-state index contributed by atoms with van der Waals surface area (Å²) >= 11 is 0. The van der Waals surface area contributed by atoms with Gasteiger partial charge in [-0.1, -0.05) is 26.7 Å². The van der Waals surface area contributed by atoms with Crippen molar-refractivity contribution in [2.75, 3.05) is 6.61 Å². The van der Waals surface area contributed by atoms with Crippen molar-refractivity contribution in [2.24, 2.45) is 0 Å². The van der Waals surface area contributed by atoms with Crippen LogP contribution in [0.25, 0.3) is 0 Å². The van der Waals surface area contributed by atoms with E-state index in [2.05, 4.69) is 33.3 Å². The monoisotopic (exact) mass is 276 g/mol. The molecule has 1 aromatic rings. The van der Waals surface area contributed by atoms with Crippen LogP contribution in [0.15, 0.2) is 0 Å². The van der Waals surface area contributed by atoms with Crippen LogP contribution in [0.4, 0.5) is 0 Å². The van der Waals surface area contributed by atoms with E-state index >= 15 is 0 Å². The van der Waals surface area contributed by atoms with Gasteiger partial charge in [0.1, 0.15) is 7.85 Å². The van der Waals surface area contributed by atoms with E-state index in [9.17, 15) is 0 Å². The number of hydrogen-bond donors (Lipinski definition) is 0. The Morgan fingerprint density at radius 2 is 1.90 bits per heavy atom. The van der Waals surface area contributed by atoms with Crippen molar-refractivity contribution in [3.63, 3.8) is 0 Å². The van der Waals surface area contributed by atoms with Crippen molar-refractivity contribution in [3.05, 3.63) is 17.0 Å². The van der Waals surface area contributed by atoms with Crippen LogP contribution in [-0.4, -0.2) is 24.2 Å². The first-order chi connectivity index (χ1) is 9.51. The van der Waals surface area contributed by atoms with Gasteiger partial charge in [-0.2, -0.15) is 5.10 Å². The van der Waals surface area contributed by atoms with Crippen molar-refractivity contribution in [1.29, 1.82) is 0 Å². The Hall–Kier alpha value is -0.765. The predicted molar refractivity (Wildman–Crippen MR) is 86.0 cm³/mol. The van der Waals surface area contributed by atoms with Crippen LogP contribution in [0, 0.1) is 0 Å². The smallest absolute Gasteiger partial charge is 0.111 e. The Morgan fingerprint density at radius 3 is 2.55 bits per heavy atom. The van der Waals surface area contributed by atoms with E-state index in [1.807, 2.05) is 0 Å². The Labute approximate surface area is 124 Å². The molecule has 0 atom stereocenters. The number of aryl methyl sites for hydroxylation is 2. The van der Waals surface area contributed by atoms with Gasteiger partial charge in [0.15, 0.2) is 0 Å². The number of fused-ring (bicyclic) bond motifs is 1. The van der Waals surface area contributed by atoms with Gasteiger partial charge in [-0.25, -0.2) is 0 Å². The molecule has 0 N–H and O–H groups in total. The van der Waals surface area contributed by atoms with E-state index in [-0.39, 0.29) is 5.31 Å². The van der Waals surface area contributed by atoms with Gasteiger partial charge >= 0.3 is 0 Å². The third-order valence-corrected chi connectivity index (χ3v) is 3.91. The lowest BCUT2D eigenvalue weighted by Gasteiger charge is -2.19. The fraction of sp³-hybridized carbons (Fsp3) is 0.812. The summed E-state index contributed by atoms with van der Waals surface area (Å²) in [6.07, 6.45) is 7.64. The van der Waals surface area contributed by atoms with E-state index in [1.54, 1.807) is 0 Å². The second-order valence-electron chi connectivity index (χ2n) is 7.16. The SMILES string of the molecule is BC(C)(C)COCc1c2c(nn1CC)CCCCCC2. The van der Waals surface area contributed by atoms with E-state index in [0.717, 1.165) is 19.6 Å². The van der Waals surface area contributed by atoms with Crippen LogP contribution in [0.1, 0.15) is 63.4 Å². The normalized spacial score (nSPS) is 16.6. The molecule has 1 aliphatic carbocycles. The molecule has 0 aromatic carbocycles. The van der Waals surface area contributed by atoms with Gasteiger partial charge in [-0.15, -0.1) is 0 Å². The molecule has 0 spiro atoms. The maximum absolute atomic E-state index is 5.96. The van der Waals surface area contributed by atoms with Crippen LogP contribution in [0.3, 0.4) is 0 Å². The quantitative estimate of drug-likeness (QED) is 0.773. The molecule has 1 aliphatic rings. The molecule has 0 unspecified atom stereocenters. The Morgan fingerprint density at radius 1 is 1.20 bits per heavy atom. The maximum atomic E-state index is 5.96. The summed E-state index contributed by atoms with van der Waals surface area (Å²) in [5.41, 5.74) is 4.15. The highest BCUT2D eigenvalue weighted by atomic mass is 16.5. The molecular weight excluding hydrogens is 247 g/mol. The van der Waals surface area contributed by atoms with Gasteiger partial charge in [0, 0.05) is 13.2 Å². The van der Waals surface area contributed by atoms with Crippen LogP contribution in [-0.2, 0) is 30.7 Å². The van der Waals surface area contributed by atoms with E-state index < -0.39 is 0 Å². The van der Waals surface area contributed by atoms with Crippen LogP contribution in [0.5, 0.6) is 0 Å². The lowest BCUT2D eigenvalue weighted by Crippen LogP contribution is -2.14. The van der Waals surface area contributed by atoms with Crippen molar-refractivity contribution in [3.8, 4) is 0 Å². The number of hydrogen-bond acceptors (Lipinski definition) is 2. The summed E-state index contributed by atoms with van der Waals surface area (Å²) in [4.78, 5) is 0. The van der Waals surface area contributed by atoms with E-state index in [1.165, 1.54) is 49.1 Å². The second-order valence-corrected chi connectivity index (χ2v) is 7.16. The van der Waals surface area contributed by atoms with Gasteiger partial charge in [-0.05, 0) is 43.5 Å². The first-order valence-electron chi connectivity index (χ1n) is 8.16. The topological polar surface area (TPSA) is 27.1 Å². The summed E-state index contributed by atoms with van der Waals surface area (Å²) < 4.78 is 8.13. The third-order valence-electron chi connectivity index (χ3n) is 3.91. The van der Waals surface area contributed by atoms with Gasteiger partial charge in [-0.3, -0.25) is 4.68 Å². The lowest BCUT2D eigenvalue weighted by molar-refractivity contribution is 0.0966. The van der Waals surface area contributed by atoms with Gasteiger partial charge < -0.3 is 4.74 Å². The van der Waals surface area contributed by atoms with E-state index in [0.29, 0.717) is 6.61 Å². The molecule has 4 heteroatoms. The molecule has 0 amide bonds. The molecule has 0 fully saturated rings. The minimum absolute atomic E-state index is 0.228. The molecule has 0 radical (unpaired) electrons. The van der Waals surface area contributed by atoms with Crippen LogP contribution in [0.2, 0.25) is 5.31 Å². The van der Waals surface area contributed by atoms with Gasteiger partial charge in [0.25, 0.3) is 0 Å². The highest BCUT2D eigenvalue weighted by Gasteiger charge is 2.19. The molecule has 0 saturated carbocycles. The van der Waals surface area contributed by atoms with Crippen molar-refractivity contribution in [1.82, 2.24) is 9.78 Å². The van der Waals surface area contributed by atoms with Crippen molar-refractivity contribution in [2.45, 2.75) is 77.8 Å². The highest BCUT2D eigenvalue weighted by molar-refractivity contribution is 6.14. The van der Waals surface area contributed by atoms with Crippen molar-refractivity contribution >= 4 is 7.85 Å². The largest absolute Gasteiger partial charge is 0.375 e. The Bertz CT molecular complexity index is 434. The predicted octanol–water partition coefficient (Wildman–Crippen LogP) is 2.91. The molecule has 2 rings (SSSR count). The molecule has 1 aromatic heterocycles. The zero-order valence-electron chi connectivity index (χ0n) is 13.7. The first kappa shape index (κ1) is 15.6. The zero-order chi connectivity index (χ0) is 14.6. The molecule has 20 heavy (non-hydrogen) atoms. The van der Waals surface area contributed by atoms with Crippen molar-refractivity contribution < 1.29 is 4.74 Å². The number of ether oxygens (including phenoxy) is 1. The Kier molecular flexibility index (Phi) is 5.31. The average Bonchev–Trinajstić information content (AvgIpc) is 2.65. The fourth-order valence-corrected chi connectivity index (χ4v) is 2.90. The zero-order valence-corrected chi connectivity index (χ0v) is 13.7. The maximum Gasteiger partial charge on any atom is 0.111 e. The number of aromatic nitrogens is 2. The van der Waals surface area contributed by atoms with Crippen LogP contribution < -0.4 is 0 Å². The summed E-state index contributed by atoms with van der Waals surface area (Å²) in [7, 11) is 2.22. The molecule has 0 bridgehead atoms. The standard InChI is InChI=1S/C16H29BN2O/c1-4-19-15(11-20-12-16(2,3)17)13-9-7-5-6-8-10-14(13)18-19/h4-12,17H2,1-3H3. The first-order valence-corrected chi connectivity index (χ1v) is 8.16. The molecule has 1 heterocycles. The number of rotatable bonds is 5. The minimum Gasteiger partial charge on any atom is -0.375 e. The third kappa shape index (κ3) is 4.11. The summed E-state index contributed by atoms with van der Waals surface area (Å²) in [5.74, 6) is 0. The summed E-state index contributed by atoms with van der Waals surface area (Å²) in [6, 6.07) is 0. The average molecular weight is 276 g/mol. The van der Waals surface area contributed by atoms with Gasteiger partial charge in [0.05, 0.1) is 18.0 Å². The fourth-order valence-electron chi connectivity index (χ4n) is 2.90. The summed E-state index contributed by atoms with van der Waals surface area (Å²) in [6.45, 7) is 9.07. The molecular formula is C16H29BN2O. The second kappa shape index (κ2) is 6.79. The Balaban J connectivity index is 2.13. The number of nitrogens with zero attached hydrogens (tertiary/aromatic N) is 2.